The number of halogens is 1. The van der Waals surface area contributed by atoms with Gasteiger partial charge in [-0.25, -0.2) is 14.0 Å². The molecule has 1 fully saturated rings. The average molecular weight is 528 g/mol. The summed E-state index contributed by atoms with van der Waals surface area (Å²) >= 11 is 0. The third-order valence-corrected chi connectivity index (χ3v) is 7.74. The number of imidazole rings is 1. The van der Waals surface area contributed by atoms with Crippen molar-refractivity contribution in [3.63, 3.8) is 0 Å². The fourth-order valence-corrected chi connectivity index (χ4v) is 5.53. The molecule has 39 heavy (non-hydrogen) atoms. The zero-order valence-electron chi connectivity index (χ0n) is 22.4. The number of hydrogen-bond donors (Lipinski definition) is 0. The van der Waals surface area contributed by atoms with Gasteiger partial charge in [0.25, 0.3) is 0 Å². The zero-order chi connectivity index (χ0) is 27.4. The average Bonchev–Trinajstić information content (AvgIpc) is 3.35. The largest absolute Gasteiger partial charge is 0.465 e. The summed E-state index contributed by atoms with van der Waals surface area (Å²) in [7, 11) is 0. The summed E-state index contributed by atoms with van der Waals surface area (Å²) in [6.07, 6.45) is 5.42. The van der Waals surface area contributed by atoms with Crippen molar-refractivity contribution >= 4 is 5.97 Å². The number of ether oxygens (including phenoxy) is 1. The van der Waals surface area contributed by atoms with Gasteiger partial charge in [-0.1, -0.05) is 54.6 Å². The molecule has 6 nitrogen and oxygen atoms in total. The van der Waals surface area contributed by atoms with Crippen molar-refractivity contribution in [3.05, 3.63) is 124 Å². The molecule has 0 radical (unpaired) electrons. The molecule has 7 heteroatoms. The minimum atomic E-state index is -0.386. The maximum absolute atomic E-state index is 13.3. The van der Waals surface area contributed by atoms with Crippen molar-refractivity contribution < 1.29 is 13.9 Å². The van der Waals surface area contributed by atoms with Gasteiger partial charge in [-0.3, -0.25) is 14.0 Å². The first kappa shape index (κ1) is 26.6. The predicted octanol–water partition coefficient (Wildman–Crippen LogP) is 5.87. The van der Waals surface area contributed by atoms with Gasteiger partial charge in [-0.15, -0.1) is 0 Å². The first-order valence-corrected chi connectivity index (χ1v) is 13.6. The van der Waals surface area contributed by atoms with E-state index in [1.54, 1.807) is 33.7 Å². The minimum Gasteiger partial charge on any atom is -0.465 e. The normalized spacial score (nSPS) is 16.1. The Balaban J connectivity index is 1.27. The molecule has 0 aliphatic carbocycles. The fraction of sp³-hybridized carbons (Fsp3) is 0.312. The van der Waals surface area contributed by atoms with E-state index in [0.717, 1.165) is 42.7 Å². The smallest absolute Gasteiger partial charge is 0.333 e. The Hall–Kier alpha value is -3.97. The second kappa shape index (κ2) is 11.8. The summed E-state index contributed by atoms with van der Waals surface area (Å²) in [5, 5.41) is 0. The highest BCUT2D eigenvalue weighted by Gasteiger charge is 2.32. The first-order valence-electron chi connectivity index (χ1n) is 13.6. The Morgan fingerprint density at radius 3 is 2.23 bits per heavy atom. The molecule has 0 bridgehead atoms. The van der Waals surface area contributed by atoms with Crippen LogP contribution in [-0.2, 0) is 9.53 Å². The highest BCUT2D eigenvalue weighted by atomic mass is 19.1. The summed E-state index contributed by atoms with van der Waals surface area (Å²) in [6, 6.07) is 23.7. The van der Waals surface area contributed by atoms with Gasteiger partial charge < -0.3 is 4.74 Å². The number of carbonyl (C=O) groups is 1. The standard InChI is InChI=1S/C32H34FN3O3/c1-3-39-31(37)30(27-7-5-4-6-8-27)34-19-17-26(18-20-34)25-11-15-29(16-12-25)36-22-21-35(32(36)38)23(2)24-9-13-28(33)14-10-24/h4-16,21-23,26,30H,3,17-20H2,1-2H3/t23-,30?/m1/s1. The van der Waals surface area contributed by atoms with Crippen molar-refractivity contribution in [2.75, 3.05) is 19.7 Å². The van der Waals surface area contributed by atoms with Crippen molar-refractivity contribution in [2.45, 2.75) is 44.7 Å². The number of piperidine rings is 1. The lowest BCUT2D eigenvalue weighted by Gasteiger charge is -2.36. The van der Waals surface area contributed by atoms with E-state index in [4.69, 9.17) is 4.74 Å². The maximum Gasteiger partial charge on any atom is 0.333 e. The molecule has 1 aliphatic heterocycles. The van der Waals surface area contributed by atoms with Crippen LogP contribution in [-0.4, -0.2) is 39.7 Å². The molecule has 4 aromatic rings. The summed E-state index contributed by atoms with van der Waals surface area (Å²) in [5.41, 5.74) is 3.73. The van der Waals surface area contributed by atoms with Crippen LogP contribution in [0.25, 0.3) is 5.69 Å². The molecular weight excluding hydrogens is 493 g/mol. The molecule has 2 atom stereocenters. The van der Waals surface area contributed by atoms with Crippen molar-refractivity contribution in [1.29, 1.82) is 0 Å². The van der Waals surface area contributed by atoms with Crippen LogP contribution in [0.2, 0.25) is 0 Å². The number of aromatic nitrogens is 2. The minimum absolute atomic E-state index is 0.140. The molecule has 3 aromatic carbocycles. The Morgan fingerprint density at radius 2 is 1.59 bits per heavy atom. The molecule has 5 rings (SSSR count). The summed E-state index contributed by atoms with van der Waals surface area (Å²) < 4.78 is 22.0. The molecule has 0 spiro atoms. The number of esters is 1. The van der Waals surface area contributed by atoms with Crippen molar-refractivity contribution in [3.8, 4) is 5.69 Å². The topological polar surface area (TPSA) is 56.5 Å². The second-order valence-electron chi connectivity index (χ2n) is 10.1. The molecule has 1 unspecified atom stereocenters. The number of carbonyl (C=O) groups excluding carboxylic acids is 1. The molecule has 1 aliphatic rings. The lowest BCUT2D eigenvalue weighted by Crippen LogP contribution is -2.40. The van der Waals surface area contributed by atoms with Crippen LogP contribution in [0.15, 0.2) is 96.1 Å². The lowest BCUT2D eigenvalue weighted by atomic mass is 9.88. The Labute approximate surface area is 228 Å². The molecule has 1 aromatic heterocycles. The van der Waals surface area contributed by atoms with Gasteiger partial charge in [0.15, 0.2) is 0 Å². The van der Waals surface area contributed by atoms with Crippen LogP contribution >= 0.6 is 0 Å². The number of hydrogen-bond acceptors (Lipinski definition) is 4. The van der Waals surface area contributed by atoms with Crippen molar-refractivity contribution in [2.24, 2.45) is 0 Å². The molecular formula is C32H34FN3O3. The van der Waals surface area contributed by atoms with Gasteiger partial charge in [-0.05, 0) is 86.7 Å². The van der Waals surface area contributed by atoms with E-state index in [-0.39, 0.29) is 29.6 Å². The van der Waals surface area contributed by atoms with Gasteiger partial charge in [0, 0.05) is 12.4 Å². The molecule has 0 saturated carbocycles. The van der Waals surface area contributed by atoms with Gasteiger partial charge in [0.05, 0.1) is 18.3 Å². The maximum atomic E-state index is 13.3. The monoisotopic (exact) mass is 527 g/mol. The van der Waals surface area contributed by atoms with Crippen LogP contribution in [0.1, 0.15) is 61.4 Å². The summed E-state index contributed by atoms with van der Waals surface area (Å²) in [5.74, 6) is -0.108. The Bertz CT molecular complexity index is 1440. The first-order chi connectivity index (χ1) is 19.0. The van der Waals surface area contributed by atoms with Crippen molar-refractivity contribution in [1.82, 2.24) is 14.0 Å². The van der Waals surface area contributed by atoms with E-state index in [1.807, 2.05) is 56.3 Å². The quantitative estimate of drug-likeness (QED) is 0.269. The van der Waals surface area contributed by atoms with Crippen LogP contribution in [0.3, 0.4) is 0 Å². The van der Waals surface area contributed by atoms with Gasteiger partial charge in [-0.2, -0.15) is 0 Å². The fourth-order valence-electron chi connectivity index (χ4n) is 5.53. The predicted molar refractivity (Wildman–Crippen MR) is 150 cm³/mol. The van der Waals surface area contributed by atoms with E-state index in [9.17, 15) is 14.0 Å². The lowest BCUT2D eigenvalue weighted by molar-refractivity contribution is -0.150. The number of nitrogens with zero attached hydrogens (tertiary/aromatic N) is 3. The van der Waals surface area contributed by atoms with E-state index in [1.165, 1.54) is 17.7 Å². The number of rotatable bonds is 8. The number of benzene rings is 3. The zero-order valence-corrected chi connectivity index (χ0v) is 22.4. The Morgan fingerprint density at radius 1 is 0.923 bits per heavy atom. The van der Waals surface area contributed by atoms with Gasteiger partial charge in [0.2, 0.25) is 0 Å². The molecule has 0 N–H and O–H groups in total. The number of likely N-dealkylation sites (tertiary alicyclic amines) is 1. The van der Waals surface area contributed by atoms with E-state index in [2.05, 4.69) is 17.0 Å². The SMILES string of the molecule is CCOC(=O)C(c1ccccc1)N1CCC(c2ccc(-n3ccn([C@H](C)c4ccc(F)cc4)c3=O)cc2)CC1. The second-order valence-corrected chi connectivity index (χ2v) is 10.1. The molecule has 1 saturated heterocycles. The van der Waals surface area contributed by atoms with Gasteiger partial charge in [0.1, 0.15) is 11.9 Å². The highest BCUT2D eigenvalue weighted by molar-refractivity contribution is 5.77. The summed E-state index contributed by atoms with van der Waals surface area (Å²) in [4.78, 5) is 28.2. The third-order valence-electron chi connectivity index (χ3n) is 7.74. The molecule has 202 valence electrons. The van der Waals surface area contributed by atoms with Crippen LogP contribution < -0.4 is 5.69 Å². The van der Waals surface area contributed by atoms with E-state index < -0.39 is 0 Å². The van der Waals surface area contributed by atoms with Crippen LogP contribution in [0, 0.1) is 5.82 Å². The molecule has 0 amide bonds. The van der Waals surface area contributed by atoms with Crippen LogP contribution in [0.5, 0.6) is 0 Å². The molecule has 2 heterocycles. The van der Waals surface area contributed by atoms with Gasteiger partial charge >= 0.3 is 11.7 Å². The Kier molecular flexibility index (Phi) is 8.07. The summed E-state index contributed by atoms with van der Waals surface area (Å²) in [6.45, 7) is 5.73. The highest BCUT2D eigenvalue weighted by Crippen LogP contribution is 2.33. The van der Waals surface area contributed by atoms with E-state index >= 15 is 0 Å². The third kappa shape index (κ3) is 5.73. The van der Waals surface area contributed by atoms with Crippen LogP contribution in [0.4, 0.5) is 4.39 Å². The van der Waals surface area contributed by atoms with E-state index in [0.29, 0.717) is 12.5 Å².